The molecular weight excluding hydrogens is 342 g/mol. The molecule has 1 aromatic heterocycles. The molecule has 8 heteroatoms. The maximum absolute atomic E-state index is 13.1. The van der Waals surface area contributed by atoms with Crippen molar-refractivity contribution in [2.24, 2.45) is 0 Å². The van der Waals surface area contributed by atoms with E-state index in [0.717, 1.165) is 5.56 Å². The highest BCUT2D eigenvalue weighted by Gasteiger charge is 2.28. The number of carbonyl (C=O) groups is 1. The van der Waals surface area contributed by atoms with Crippen molar-refractivity contribution in [3.05, 3.63) is 41.2 Å². The van der Waals surface area contributed by atoms with E-state index < -0.39 is 16.0 Å². The van der Waals surface area contributed by atoms with Crippen molar-refractivity contribution >= 4 is 21.7 Å². The Morgan fingerprint density at radius 2 is 2.00 bits per heavy atom. The normalized spacial score (nSPS) is 11.5. The summed E-state index contributed by atoms with van der Waals surface area (Å²) < 4.78 is 29.0. The van der Waals surface area contributed by atoms with Crippen LogP contribution in [0.25, 0.3) is 0 Å². The Hall–Kier alpha value is -2.35. The zero-order valence-electron chi connectivity index (χ0n) is 14.9. The number of nitrogens with zero attached hydrogens (tertiary/aromatic N) is 3. The standard InChI is InChI=1S/C17H23N3O4S/c1-5-20-13(3)17(12(2)18-20)25(23,24)19(4)15-8-6-7-14(11-15)9-10-16(21)22/h6-8,11H,5,9-10H2,1-4H3,(H,21,22). The summed E-state index contributed by atoms with van der Waals surface area (Å²) in [5, 5.41) is 13.1. The zero-order valence-corrected chi connectivity index (χ0v) is 15.7. The summed E-state index contributed by atoms with van der Waals surface area (Å²) in [6, 6.07) is 6.92. The summed E-state index contributed by atoms with van der Waals surface area (Å²) in [6.07, 6.45) is 0.351. The van der Waals surface area contributed by atoms with Crippen LogP contribution in [0, 0.1) is 13.8 Å². The smallest absolute Gasteiger partial charge is 0.303 e. The van der Waals surface area contributed by atoms with Gasteiger partial charge in [0.15, 0.2) is 0 Å². The van der Waals surface area contributed by atoms with Gasteiger partial charge in [-0.1, -0.05) is 12.1 Å². The van der Waals surface area contributed by atoms with E-state index >= 15 is 0 Å². The molecule has 2 aromatic rings. The molecule has 7 nitrogen and oxygen atoms in total. The van der Waals surface area contributed by atoms with Crippen molar-refractivity contribution in [2.45, 2.75) is 45.1 Å². The molecule has 1 N–H and O–H groups in total. The third-order valence-electron chi connectivity index (χ3n) is 4.13. The quantitative estimate of drug-likeness (QED) is 0.813. The number of rotatable bonds is 7. The molecule has 0 unspecified atom stereocenters. The van der Waals surface area contributed by atoms with Gasteiger partial charge in [-0.25, -0.2) is 8.42 Å². The fourth-order valence-corrected chi connectivity index (χ4v) is 4.35. The number of aryl methyl sites for hydroxylation is 3. The van der Waals surface area contributed by atoms with Crippen molar-refractivity contribution in [1.82, 2.24) is 9.78 Å². The molecule has 1 heterocycles. The molecule has 0 saturated carbocycles. The molecule has 136 valence electrons. The van der Waals surface area contributed by atoms with Crippen LogP contribution in [0.2, 0.25) is 0 Å². The lowest BCUT2D eigenvalue weighted by molar-refractivity contribution is -0.136. The SMILES string of the molecule is CCn1nc(C)c(S(=O)(=O)N(C)c2cccc(CCC(=O)O)c2)c1C. The van der Waals surface area contributed by atoms with Crippen LogP contribution in [0.4, 0.5) is 5.69 Å². The highest BCUT2D eigenvalue weighted by Crippen LogP contribution is 2.27. The predicted molar refractivity (Wildman–Crippen MR) is 95.4 cm³/mol. The monoisotopic (exact) mass is 365 g/mol. The molecule has 0 fully saturated rings. The molecule has 2 rings (SSSR count). The molecule has 0 spiro atoms. The average Bonchev–Trinajstić information content (AvgIpc) is 2.86. The van der Waals surface area contributed by atoms with Crippen molar-refractivity contribution < 1.29 is 18.3 Å². The Labute approximate surface area is 147 Å². The molecule has 0 aliphatic carbocycles. The molecule has 0 atom stereocenters. The molecule has 0 aliphatic heterocycles. The van der Waals surface area contributed by atoms with Gasteiger partial charge in [-0.15, -0.1) is 0 Å². The van der Waals surface area contributed by atoms with E-state index in [1.54, 1.807) is 42.8 Å². The van der Waals surface area contributed by atoms with Crippen molar-refractivity contribution in [3.8, 4) is 0 Å². The van der Waals surface area contributed by atoms with Crippen LogP contribution in [-0.2, 0) is 27.8 Å². The predicted octanol–water partition coefficient (Wildman–Crippen LogP) is 2.36. The fourth-order valence-electron chi connectivity index (χ4n) is 2.80. The van der Waals surface area contributed by atoms with Gasteiger partial charge in [0.2, 0.25) is 0 Å². The van der Waals surface area contributed by atoms with Gasteiger partial charge >= 0.3 is 5.97 Å². The molecule has 0 amide bonds. The number of hydrogen-bond donors (Lipinski definition) is 1. The van der Waals surface area contributed by atoms with E-state index in [9.17, 15) is 13.2 Å². The lowest BCUT2D eigenvalue weighted by atomic mass is 10.1. The third kappa shape index (κ3) is 3.84. The minimum Gasteiger partial charge on any atom is -0.481 e. The number of carboxylic acids is 1. The fraction of sp³-hybridized carbons (Fsp3) is 0.412. The minimum absolute atomic E-state index is 0.00139. The number of benzene rings is 1. The van der Waals surface area contributed by atoms with E-state index in [0.29, 0.717) is 30.0 Å². The van der Waals surface area contributed by atoms with Crippen LogP contribution in [0.3, 0.4) is 0 Å². The first kappa shape index (κ1) is 19.0. The summed E-state index contributed by atoms with van der Waals surface area (Å²) in [7, 11) is -2.26. The van der Waals surface area contributed by atoms with Crippen molar-refractivity contribution in [2.75, 3.05) is 11.4 Å². The second kappa shape index (κ2) is 7.26. The van der Waals surface area contributed by atoms with Gasteiger partial charge < -0.3 is 5.11 Å². The summed E-state index contributed by atoms with van der Waals surface area (Å²) in [5.41, 5.74) is 2.34. The van der Waals surface area contributed by atoms with E-state index in [-0.39, 0.29) is 11.3 Å². The Bertz CT molecular complexity index is 887. The highest BCUT2D eigenvalue weighted by molar-refractivity contribution is 7.92. The van der Waals surface area contributed by atoms with E-state index in [2.05, 4.69) is 5.10 Å². The van der Waals surface area contributed by atoms with Gasteiger partial charge in [0.05, 0.1) is 17.1 Å². The molecule has 0 bridgehead atoms. The van der Waals surface area contributed by atoms with Crippen LogP contribution >= 0.6 is 0 Å². The number of anilines is 1. The topological polar surface area (TPSA) is 92.5 Å². The highest BCUT2D eigenvalue weighted by atomic mass is 32.2. The number of aliphatic carboxylic acids is 1. The van der Waals surface area contributed by atoms with Gasteiger partial charge in [-0.3, -0.25) is 13.8 Å². The average molecular weight is 365 g/mol. The molecule has 25 heavy (non-hydrogen) atoms. The van der Waals surface area contributed by atoms with E-state index in [1.165, 1.54) is 11.4 Å². The van der Waals surface area contributed by atoms with Crippen molar-refractivity contribution in [1.29, 1.82) is 0 Å². The first-order valence-electron chi connectivity index (χ1n) is 8.02. The molecular formula is C17H23N3O4S. The molecule has 0 aliphatic rings. The lowest BCUT2D eigenvalue weighted by Crippen LogP contribution is -2.27. The van der Waals surface area contributed by atoms with Crippen LogP contribution < -0.4 is 4.31 Å². The van der Waals surface area contributed by atoms with Crippen LogP contribution in [0.5, 0.6) is 0 Å². The van der Waals surface area contributed by atoms with Gasteiger partial charge in [0.1, 0.15) is 4.90 Å². The Morgan fingerprint density at radius 1 is 1.32 bits per heavy atom. The maximum atomic E-state index is 13.1. The van der Waals surface area contributed by atoms with Gasteiger partial charge in [0, 0.05) is 20.0 Å². The summed E-state index contributed by atoms with van der Waals surface area (Å²) in [5.74, 6) is -0.885. The minimum atomic E-state index is -3.76. The van der Waals surface area contributed by atoms with Crippen LogP contribution in [0.15, 0.2) is 29.2 Å². The third-order valence-corrected chi connectivity index (χ3v) is 6.17. The van der Waals surface area contributed by atoms with E-state index in [4.69, 9.17) is 5.11 Å². The summed E-state index contributed by atoms with van der Waals surface area (Å²) >= 11 is 0. The van der Waals surface area contributed by atoms with Crippen LogP contribution in [-0.4, -0.2) is 36.3 Å². The molecule has 1 aromatic carbocycles. The largest absolute Gasteiger partial charge is 0.481 e. The lowest BCUT2D eigenvalue weighted by Gasteiger charge is -2.20. The second-order valence-electron chi connectivity index (χ2n) is 5.85. The number of aromatic nitrogens is 2. The molecule has 0 saturated heterocycles. The van der Waals surface area contributed by atoms with E-state index in [1.807, 2.05) is 6.92 Å². The number of hydrogen-bond acceptors (Lipinski definition) is 4. The van der Waals surface area contributed by atoms with Crippen LogP contribution in [0.1, 0.15) is 30.3 Å². The first-order chi connectivity index (χ1) is 11.7. The maximum Gasteiger partial charge on any atom is 0.303 e. The van der Waals surface area contributed by atoms with Gasteiger partial charge in [-0.05, 0) is 44.9 Å². The second-order valence-corrected chi connectivity index (χ2v) is 7.76. The van der Waals surface area contributed by atoms with Gasteiger partial charge in [-0.2, -0.15) is 5.10 Å². The number of sulfonamides is 1. The Kier molecular flexibility index (Phi) is 5.52. The zero-order chi connectivity index (χ0) is 18.8. The van der Waals surface area contributed by atoms with Gasteiger partial charge in [0.25, 0.3) is 10.0 Å². The molecule has 0 radical (unpaired) electrons. The Balaban J connectivity index is 2.39. The number of carboxylic acid groups (broad SMARTS) is 1. The van der Waals surface area contributed by atoms with Crippen molar-refractivity contribution in [3.63, 3.8) is 0 Å². The first-order valence-corrected chi connectivity index (χ1v) is 9.46. The summed E-state index contributed by atoms with van der Waals surface area (Å²) in [4.78, 5) is 10.9. The Morgan fingerprint density at radius 3 is 2.56 bits per heavy atom. The summed E-state index contributed by atoms with van der Waals surface area (Å²) in [6.45, 7) is 5.93.